The summed E-state index contributed by atoms with van der Waals surface area (Å²) in [5.41, 5.74) is 2.82. The van der Waals surface area contributed by atoms with Crippen LogP contribution in [0.25, 0.3) is 0 Å². The Morgan fingerprint density at radius 1 is 0.925 bits per heavy atom. The Kier molecular flexibility index (Phi) is 6.37. The highest BCUT2D eigenvalue weighted by atomic mass is 19.4. The quantitative estimate of drug-likeness (QED) is 0.394. The smallest absolute Gasteiger partial charge is 0.416 e. The maximum Gasteiger partial charge on any atom is 0.416 e. The minimum atomic E-state index is -4.55. The van der Waals surface area contributed by atoms with Gasteiger partial charge in [0.05, 0.1) is 5.56 Å². The second-order valence-electron chi connectivity index (χ2n) is 10.1. The number of ether oxygens (including phenoxy) is 2. The summed E-state index contributed by atoms with van der Waals surface area (Å²) in [6.45, 7) is 1.80. The number of rotatable bonds is 4. The summed E-state index contributed by atoms with van der Waals surface area (Å²) in [5.74, 6) is -0.411. The minimum absolute atomic E-state index is 0.00319. The van der Waals surface area contributed by atoms with Crippen molar-refractivity contribution in [3.63, 3.8) is 0 Å². The van der Waals surface area contributed by atoms with Crippen molar-refractivity contribution in [2.24, 2.45) is 0 Å². The molecule has 1 amide bonds. The predicted octanol–water partition coefficient (Wildman–Crippen LogP) is 6.43. The summed E-state index contributed by atoms with van der Waals surface area (Å²) < 4.78 is 50.9. The molecule has 0 saturated heterocycles. The highest BCUT2D eigenvalue weighted by Gasteiger charge is 2.41. The number of hydrogen-bond donors (Lipinski definition) is 2. The van der Waals surface area contributed by atoms with Crippen molar-refractivity contribution in [3.05, 3.63) is 112 Å². The van der Waals surface area contributed by atoms with Gasteiger partial charge >= 0.3 is 6.18 Å². The molecule has 0 spiro atoms. The second-order valence-corrected chi connectivity index (χ2v) is 10.1. The van der Waals surface area contributed by atoms with Crippen LogP contribution in [0.5, 0.6) is 11.5 Å². The largest absolute Gasteiger partial charge is 0.454 e. The number of fused-ring (bicyclic) bond motifs is 1. The zero-order valence-electron chi connectivity index (χ0n) is 21.5. The number of benzene rings is 3. The van der Waals surface area contributed by atoms with Crippen LogP contribution in [-0.2, 0) is 15.8 Å². The van der Waals surface area contributed by atoms with Gasteiger partial charge in [0.25, 0.3) is 5.91 Å². The van der Waals surface area contributed by atoms with E-state index in [4.69, 9.17) is 9.47 Å². The van der Waals surface area contributed by atoms with E-state index in [1.165, 1.54) is 12.1 Å². The average molecular weight is 547 g/mol. The molecule has 2 N–H and O–H groups in total. The van der Waals surface area contributed by atoms with Crippen molar-refractivity contribution in [2.75, 3.05) is 12.1 Å². The molecular weight excluding hydrogens is 521 g/mol. The molecule has 6 rings (SSSR count). The number of anilines is 1. The summed E-state index contributed by atoms with van der Waals surface area (Å²) in [6.07, 6.45) is -3.71. The van der Waals surface area contributed by atoms with E-state index >= 15 is 0 Å². The van der Waals surface area contributed by atoms with Gasteiger partial charge in [-0.2, -0.15) is 13.2 Å². The number of amides is 1. The summed E-state index contributed by atoms with van der Waals surface area (Å²) in [5, 5.41) is 5.92. The summed E-state index contributed by atoms with van der Waals surface area (Å²) >= 11 is 0. The van der Waals surface area contributed by atoms with E-state index in [0.29, 0.717) is 34.8 Å². The highest BCUT2D eigenvalue weighted by Crippen LogP contribution is 2.47. The first-order chi connectivity index (χ1) is 19.2. The fourth-order valence-electron chi connectivity index (χ4n) is 5.70. The third-order valence-corrected chi connectivity index (χ3v) is 7.52. The van der Waals surface area contributed by atoms with Gasteiger partial charge in [-0.25, -0.2) is 0 Å². The highest BCUT2D eigenvalue weighted by molar-refractivity contribution is 6.10. The first-order valence-corrected chi connectivity index (χ1v) is 12.9. The molecule has 0 saturated carbocycles. The van der Waals surface area contributed by atoms with E-state index in [1.807, 2.05) is 30.3 Å². The Hall–Kier alpha value is -4.53. The van der Waals surface area contributed by atoms with Crippen LogP contribution in [0.4, 0.5) is 18.9 Å². The van der Waals surface area contributed by atoms with Gasteiger partial charge in [-0.1, -0.05) is 42.5 Å². The molecule has 2 atom stereocenters. The van der Waals surface area contributed by atoms with Crippen molar-refractivity contribution < 1.29 is 32.2 Å². The van der Waals surface area contributed by atoms with Crippen molar-refractivity contribution in [1.82, 2.24) is 5.32 Å². The first-order valence-electron chi connectivity index (χ1n) is 12.9. The number of nitrogens with one attached hydrogen (secondary N) is 2. The molecule has 0 radical (unpaired) electrons. The number of carbonyl (C=O) groups is 2. The molecule has 6 nitrogen and oxygen atoms in total. The number of halogens is 3. The lowest BCUT2D eigenvalue weighted by molar-refractivity contribution is -0.137. The number of ketones is 1. The van der Waals surface area contributed by atoms with Crippen LogP contribution in [-0.4, -0.2) is 18.5 Å². The number of Topliss-reactive ketones (excluding diaryl/α,β-unsaturated/α-hetero) is 1. The number of alkyl halides is 3. The van der Waals surface area contributed by atoms with Crippen LogP contribution >= 0.6 is 0 Å². The topological polar surface area (TPSA) is 76.7 Å². The van der Waals surface area contributed by atoms with E-state index < -0.39 is 23.6 Å². The third kappa shape index (κ3) is 4.72. The standard InChI is InChI=1S/C31H25F3N2O4/c1-17-27(30(38)36-22-9-5-8-21(15-22)31(32,33)34)28(19-10-11-25-26(14-19)40-16-39-25)29-23(35-17)12-20(13-24(29)37)18-6-3-2-4-7-18/h2-11,14-15,20,28,35H,12-13,16H2,1H3,(H,36,38)/t20-,28-/m1/s1. The molecule has 3 aliphatic rings. The third-order valence-electron chi connectivity index (χ3n) is 7.52. The molecular formula is C31H25F3N2O4. The zero-order valence-corrected chi connectivity index (χ0v) is 21.5. The van der Waals surface area contributed by atoms with Crippen molar-refractivity contribution in [2.45, 2.75) is 37.8 Å². The molecule has 9 heteroatoms. The molecule has 204 valence electrons. The molecule has 2 heterocycles. The van der Waals surface area contributed by atoms with Crippen molar-refractivity contribution in [3.8, 4) is 11.5 Å². The maximum absolute atomic E-state index is 13.8. The van der Waals surface area contributed by atoms with Crippen LogP contribution in [0, 0.1) is 0 Å². The lowest BCUT2D eigenvalue weighted by atomic mass is 9.71. The van der Waals surface area contributed by atoms with Gasteiger partial charge in [0, 0.05) is 40.6 Å². The van der Waals surface area contributed by atoms with Gasteiger partial charge in [0.2, 0.25) is 6.79 Å². The van der Waals surface area contributed by atoms with E-state index in [0.717, 1.165) is 23.4 Å². The van der Waals surface area contributed by atoms with Crippen LogP contribution < -0.4 is 20.1 Å². The van der Waals surface area contributed by atoms with Gasteiger partial charge in [0.15, 0.2) is 17.3 Å². The van der Waals surface area contributed by atoms with Crippen molar-refractivity contribution >= 4 is 17.4 Å². The minimum Gasteiger partial charge on any atom is -0.454 e. The SMILES string of the molecule is CC1=C(C(=O)Nc2cccc(C(F)(F)F)c2)[C@@H](c2ccc3c(c2)OCO3)C2=C(C[C@@H](c3ccccc3)CC2=O)N1. The first kappa shape index (κ1) is 25.7. The van der Waals surface area contributed by atoms with Crippen molar-refractivity contribution in [1.29, 1.82) is 0 Å². The maximum atomic E-state index is 13.8. The normalized spacial score (nSPS) is 20.2. The monoisotopic (exact) mass is 546 g/mol. The zero-order chi connectivity index (χ0) is 28.0. The molecule has 1 aliphatic carbocycles. The van der Waals surface area contributed by atoms with Crippen LogP contribution in [0.15, 0.2) is 95.3 Å². The van der Waals surface area contributed by atoms with E-state index in [1.54, 1.807) is 25.1 Å². The second kappa shape index (κ2) is 9.89. The van der Waals surface area contributed by atoms with Crippen LogP contribution in [0.3, 0.4) is 0 Å². The summed E-state index contributed by atoms with van der Waals surface area (Å²) in [4.78, 5) is 27.5. The Morgan fingerprint density at radius 2 is 1.70 bits per heavy atom. The Balaban J connectivity index is 1.40. The lowest BCUT2D eigenvalue weighted by Crippen LogP contribution is -2.37. The van der Waals surface area contributed by atoms with E-state index in [9.17, 15) is 22.8 Å². The van der Waals surface area contributed by atoms with Gasteiger partial charge < -0.3 is 20.1 Å². The fraction of sp³-hybridized carbons (Fsp3) is 0.226. The molecule has 0 unspecified atom stereocenters. The van der Waals surface area contributed by atoms with Gasteiger partial charge in [-0.15, -0.1) is 0 Å². The molecule has 3 aromatic carbocycles. The van der Waals surface area contributed by atoms with Crippen LogP contribution in [0.1, 0.15) is 48.3 Å². The molecule has 0 bridgehead atoms. The van der Waals surface area contributed by atoms with E-state index in [2.05, 4.69) is 10.6 Å². The molecule has 0 fully saturated rings. The Labute approximate surface area is 228 Å². The van der Waals surface area contributed by atoms with E-state index in [-0.39, 0.29) is 36.2 Å². The number of hydrogen-bond acceptors (Lipinski definition) is 5. The Bertz CT molecular complexity index is 1580. The fourth-order valence-corrected chi connectivity index (χ4v) is 5.70. The Morgan fingerprint density at radius 3 is 2.48 bits per heavy atom. The average Bonchev–Trinajstić information content (AvgIpc) is 3.40. The van der Waals surface area contributed by atoms with Crippen LogP contribution in [0.2, 0.25) is 0 Å². The van der Waals surface area contributed by atoms with Gasteiger partial charge in [-0.3, -0.25) is 9.59 Å². The molecule has 2 aliphatic heterocycles. The predicted molar refractivity (Wildman–Crippen MR) is 142 cm³/mol. The van der Waals surface area contributed by atoms with Gasteiger partial charge in [-0.05, 0) is 60.7 Å². The number of carbonyl (C=O) groups excluding carboxylic acids is 2. The molecule has 0 aromatic heterocycles. The summed E-state index contributed by atoms with van der Waals surface area (Å²) in [6, 6.07) is 19.5. The summed E-state index contributed by atoms with van der Waals surface area (Å²) in [7, 11) is 0. The van der Waals surface area contributed by atoms with Gasteiger partial charge in [0.1, 0.15) is 0 Å². The number of dihydropyridines is 1. The number of allylic oxidation sites excluding steroid dienone is 3. The molecule has 40 heavy (non-hydrogen) atoms. The molecule has 3 aromatic rings. The lowest BCUT2D eigenvalue weighted by Gasteiger charge is -2.37.